The van der Waals surface area contributed by atoms with Crippen LogP contribution in [0.4, 0.5) is 0 Å². The first-order valence-electron chi connectivity index (χ1n) is 9.15. The molecule has 10 heteroatoms. The summed E-state index contributed by atoms with van der Waals surface area (Å²) in [5, 5.41) is 0.774. The summed E-state index contributed by atoms with van der Waals surface area (Å²) < 4.78 is 30.5. The number of para-hydroxylation sites is 1. The Balaban J connectivity index is 1.46. The molecule has 2 aromatic heterocycles. The number of amides is 2. The van der Waals surface area contributed by atoms with Gasteiger partial charge in [0.15, 0.2) is 5.76 Å². The third-order valence-corrected chi connectivity index (χ3v) is 6.17. The van der Waals surface area contributed by atoms with Gasteiger partial charge in [-0.15, -0.1) is 4.83 Å². The Bertz CT molecular complexity index is 1190. The van der Waals surface area contributed by atoms with Crippen LogP contribution in [0.1, 0.15) is 39.4 Å². The molecule has 3 N–H and O–H groups in total. The molecule has 152 valence electrons. The molecule has 4 rings (SSSR count). The van der Waals surface area contributed by atoms with E-state index in [1.165, 1.54) is 12.3 Å². The highest BCUT2D eigenvalue weighted by Gasteiger charge is 2.25. The van der Waals surface area contributed by atoms with Gasteiger partial charge in [0.05, 0.1) is 0 Å². The topological polar surface area (TPSA) is 125 Å². The van der Waals surface area contributed by atoms with Gasteiger partial charge in [0.1, 0.15) is 16.2 Å². The molecule has 1 aromatic carbocycles. The average molecular weight is 416 g/mol. The minimum atomic E-state index is -4.07. The lowest BCUT2D eigenvalue weighted by Crippen LogP contribution is -2.41. The molecular weight excluding hydrogens is 396 g/mol. The number of hydrogen-bond donors (Lipinski definition) is 3. The quantitative estimate of drug-likeness (QED) is 0.548. The summed E-state index contributed by atoms with van der Waals surface area (Å²) in [6.07, 6.45) is 3.09. The smallest absolute Gasteiger partial charge is 0.302 e. The first-order valence-corrected chi connectivity index (χ1v) is 10.6. The maximum absolute atomic E-state index is 12.5. The number of H-pyrrole nitrogens is 1. The highest BCUT2D eigenvalue weighted by molar-refractivity contribution is 7.89. The number of benzene rings is 1. The number of likely N-dealkylation sites (tertiary alicyclic amines) is 1. The van der Waals surface area contributed by atoms with Crippen LogP contribution < -0.4 is 10.3 Å². The van der Waals surface area contributed by atoms with Gasteiger partial charge in [-0.25, -0.2) is 8.42 Å². The van der Waals surface area contributed by atoms with Crippen molar-refractivity contribution < 1.29 is 22.4 Å². The van der Waals surface area contributed by atoms with Gasteiger partial charge in [-0.1, -0.05) is 18.2 Å². The van der Waals surface area contributed by atoms with Crippen molar-refractivity contribution in [3.8, 4) is 0 Å². The monoisotopic (exact) mass is 416 g/mol. The number of aromatic amines is 1. The molecule has 0 aliphatic carbocycles. The Morgan fingerprint density at radius 2 is 1.90 bits per heavy atom. The van der Waals surface area contributed by atoms with E-state index in [2.05, 4.69) is 10.4 Å². The van der Waals surface area contributed by atoms with Crippen molar-refractivity contribution >= 4 is 32.8 Å². The van der Waals surface area contributed by atoms with E-state index in [0.717, 1.165) is 18.2 Å². The standard InChI is InChI=1S/C19H20N4O5S/c1-12-14-6-2-3-7-16(14)28-17(12)18(24)21-22-29(26,27)13-10-15(20-11-13)19(25)23-8-4-5-9-23/h2-3,6-7,10-11,20,22H,4-5,8-9H2,1H3,(H,21,24). The summed E-state index contributed by atoms with van der Waals surface area (Å²) in [5.41, 5.74) is 3.48. The van der Waals surface area contributed by atoms with Crippen molar-refractivity contribution in [1.82, 2.24) is 20.1 Å². The second-order valence-corrected chi connectivity index (χ2v) is 8.54. The zero-order valence-corrected chi connectivity index (χ0v) is 16.5. The molecule has 0 saturated carbocycles. The van der Waals surface area contributed by atoms with Crippen molar-refractivity contribution in [2.75, 3.05) is 13.1 Å². The Morgan fingerprint density at radius 3 is 2.62 bits per heavy atom. The van der Waals surface area contributed by atoms with E-state index in [0.29, 0.717) is 24.2 Å². The number of nitrogens with zero attached hydrogens (tertiary/aromatic N) is 1. The van der Waals surface area contributed by atoms with Crippen LogP contribution in [0.25, 0.3) is 11.0 Å². The van der Waals surface area contributed by atoms with Crippen molar-refractivity contribution in [2.45, 2.75) is 24.7 Å². The summed E-state index contributed by atoms with van der Waals surface area (Å²) in [5.74, 6) is -0.940. The molecule has 1 aliphatic rings. The van der Waals surface area contributed by atoms with E-state index in [1.807, 2.05) is 17.0 Å². The Hall–Kier alpha value is -3.11. The van der Waals surface area contributed by atoms with Crippen molar-refractivity contribution in [3.63, 3.8) is 0 Å². The lowest BCUT2D eigenvalue weighted by Gasteiger charge is -2.13. The number of furan rings is 1. The van der Waals surface area contributed by atoms with E-state index in [-0.39, 0.29) is 22.3 Å². The number of fused-ring (bicyclic) bond motifs is 1. The molecule has 1 aliphatic heterocycles. The van der Waals surface area contributed by atoms with Crippen LogP contribution in [0, 0.1) is 6.92 Å². The lowest BCUT2D eigenvalue weighted by atomic mass is 10.1. The normalized spacial score (nSPS) is 14.4. The van der Waals surface area contributed by atoms with Gasteiger partial charge in [0.25, 0.3) is 15.9 Å². The molecule has 2 amide bonds. The molecule has 1 fully saturated rings. The van der Waals surface area contributed by atoms with E-state index >= 15 is 0 Å². The summed E-state index contributed by atoms with van der Waals surface area (Å²) >= 11 is 0. The van der Waals surface area contributed by atoms with Gasteiger partial charge in [-0.05, 0) is 31.9 Å². The molecule has 0 radical (unpaired) electrons. The number of aryl methyl sites for hydroxylation is 1. The van der Waals surface area contributed by atoms with Crippen LogP contribution >= 0.6 is 0 Å². The van der Waals surface area contributed by atoms with Crippen LogP contribution in [0.5, 0.6) is 0 Å². The highest BCUT2D eigenvalue weighted by atomic mass is 32.2. The largest absolute Gasteiger partial charge is 0.451 e. The summed E-state index contributed by atoms with van der Waals surface area (Å²) in [6.45, 7) is 3.04. The second kappa shape index (κ2) is 7.37. The number of sulfonamides is 1. The van der Waals surface area contributed by atoms with Crippen LogP contribution in [0.3, 0.4) is 0 Å². The fourth-order valence-electron chi connectivity index (χ4n) is 3.36. The van der Waals surface area contributed by atoms with Gasteiger partial charge in [-0.3, -0.25) is 15.0 Å². The van der Waals surface area contributed by atoms with Gasteiger partial charge >= 0.3 is 5.91 Å². The number of nitrogens with one attached hydrogen (secondary N) is 3. The SMILES string of the molecule is Cc1c(C(=O)NNS(=O)(=O)c2c[nH]c(C(=O)N3CCCC3)c2)oc2ccccc12. The summed E-state index contributed by atoms with van der Waals surface area (Å²) in [6, 6.07) is 8.39. The molecule has 0 atom stereocenters. The van der Waals surface area contributed by atoms with E-state index < -0.39 is 15.9 Å². The Morgan fingerprint density at radius 1 is 1.17 bits per heavy atom. The highest BCUT2D eigenvalue weighted by Crippen LogP contribution is 2.24. The number of carbonyl (C=O) groups excluding carboxylic acids is 2. The molecular formula is C19H20N4O5S. The molecule has 3 heterocycles. The zero-order valence-electron chi connectivity index (χ0n) is 15.7. The maximum Gasteiger partial charge on any atom is 0.302 e. The molecule has 1 saturated heterocycles. The van der Waals surface area contributed by atoms with Crippen LogP contribution in [-0.4, -0.2) is 43.2 Å². The van der Waals surface area contributed by atoms with Crippen molar-refractivity contribution in [3.05, 3.63) is 53.5 Å². The number of aromatic nitrogens is 1. The Kier molecular flexibility index (Phi) is 4.89. The van der Waals surface area contributed by atoms with Crippen LogP contribution in [0.2, 0.25) is 0 Å². The molecule has 0 spiro atoms. The third-order valence-electron chi connectivity index (χ3n) is 4.94. The second-order valence-electron chi connectivity index (χ2n) is 6.86. The lowest BCUT2D eigenvalue weighted by molar-refractivity contribution is 0.0787. The molecule has 9 nitrogen and oxygen atoms in total. The number of hydrazine groups is 1. The van der Waals surface area contributed by atoms with Crippen LogP contribution in [-0.2, 0) is 10.0 Å². The number of carbonyl (C=O) groups is 2. The predicted octanol–water partition coefficient (Wildman–Crippen LogP) is 1.93. The van der Waals surface area contributed by atoms with E-state index in [4.69, 9.17) is 4.42 Å². The maximum atomic E-state index is 12.5. The summed E-state index contributed by atoms with van der Waals surface area (Å²) in [4.78, 5) is 31.0. The van der Waals surface area contributed by atoms with Crippen molar-refractivity contribution in [1.29, 1.82) is 0 Å². The molecule has 29 heavy (non-hydrogen) atoms. The minimum absolute atomic E-state index is 0.0212. The Labute approximate surface area is 167 Å². The van der Waals surface area contributed by atoms with E-state index in [1.54, 1.807) is 24.0 Å². The van der Waals surface area contributed by atoms with Crippen molar-refractivity contribution in [2.24, 2.45) is 0 Å². The summed E-state index contributed by atoms with van der Waals surface area (Å²) in [7, 11) is -4.07. The predicted molar refractivity (Wildman–Crippen MR) is 105 cm³/mol. The first-order chi connectivity index (χ1) is 13.9. The minimum Gasteiger partial charge on any atom is -0.451 e. The fraction of sp³-hybridized carbons (Fsp3) is 0.263. The fourth-order valence-corrected chi connectivity index (χ4v) is 4.20. The zero-order chi connectivity index (χ0) is 20.6. The first kappa shape index (κ1) is 19.2. The van der Waals surface area contributed by atoms with Crippen LogP contribution in [0.15, 0.2) is 45.8 Å². The van der Waals surface area contributed by atoms with Gasteiger partial charge < -0.3 is 14.3 Å². The van der Waals surface area contributed by atoms with Gasteiger partial charge in [-0.2, -0.15) is 0 Å². The number of hydrogen-bond acceptors (Lipinski definition) is 5. The van der Waals surface area contributed by atoms with Gasteiger partial charge in [0, 0.05) is 30.2 Å². The third kappa shape index (κ3) is 3.64. The number of rotatable bonds is 5. The average Bonchev–Trinajstić information content (AvgIpc) is 3.46. The molecule has 0 unspecified atom stereocenters. The van der Waals surface area contributed by atoms with Gasteiger partial charge in [0.2, 0.25) is 0 Å². The molecule has 3 aromatic rings. The molecule has 0 bridgehead atoms. The van der Waals surface area contributed by atoms with E-state index in [9.17, 15) is 18.0 Å².